The first-order valence-corrected chi connectivity index (χ1v) is 40.4. The molecule has 33 heteroatoms. The average Bonchev–Trinajstić information content (AvgIpc) is 1.57. The monoisotopic (exact) mass is 1620 g/mol. The number of ether oxygens (including phenoxy) is 7. The van der Waals surface area contributed by atoms with Gasteiger partial charge in [-0.05, 0) is 154 Å². The number of aromatic nitrogens is 3. The van der Waals surface area contributed by atoms with Crippen LogP contribution in [0.1, 0.15) is 166 Å². The van der Waals surface area contributed by atoms with E-state index in [9.17, 15) is 47.9 Å². The summed E-state index contributed by atoms with van der Waals surface area (Å²) in [6, 6.07) is 17.0. The average molecular weight is 1620 g/mol. The SMILES string of the molecule is Cc1sc2c(c1C)C(c1ccc(Cl)cc1)=NC(CC(=O)Nc1ccc(OCCOCCO[C@@H](COCCNc3cccc4c3C(=O)N(C3CCC(=O)NC3=O)C4=O)COC(=O)CC(C)OCC(C)N/C=C(/CN(CCC(=O)NC(C)(C)COC(C)C)C(=O)CCCCCN3C(=O)[C@@H]4[C@H](C3=O)[C@H]3C=C[C@@H]4C3)N=N)cc1)c1nnc(C)n1-2. The van der Waals surface area contributed by atoms with Crippen LogP contribution in [-0.4, -0.2) is 216 Å². The van der Waals surface area contributed by atoms with Crippen molar-refractivity contribution in [1.82, 2.24) is 45.4 Å². The number of nitrogens with one attached hydrogen (secondary N) is 6. The number of aryl methyl sites for hydroxylation is 2. The summed E-state index contributed by atoms with van der Waals surface area (Å²) in [5.74, 6) is -2.60. The van der Waals surface area contributed by atoms with Crippen molar-refractivity contribution in [2.45, 2.75) is 168 Å². The second kappa shape index (κ2) is 39.6. The van der Waals surface area contributed by atoms with Gasteiger partial charge in [0.05, 0.1) is 118 Å². The van der Waals surface area contributed by atoms with Gasteiger partial charge in [-0.2, -0.15) is 5.11 Å². The summed E-state index contributed by atoms with van der Waals surface area (Å²) in [6.45, 7) is 18.2. The van der Waals surface area contributed by atoms with Crippen molar-refractivity contribution >= 4 is 99.2 Å². The first kappa shape index (κ1) is 85.9. The molecule has 3 aromatic carbocycles. The van der Waals surface area contributed by atoms with Crippen LogP contribution in [0.4, 0.5) is 11.4 Å². The van der Waals surface area contributed by atoms with E-state index in [1.54, 1.807) is 54.7 Å². The molecule has 115 heavy (non-hydrogen) atoms. The number of unbranched alkanes of at least 4 members (excludes halogenated alkanes) is 2. The van der Waals surface area contributed by atoms with Crippen LogP contribution in [0.3, 0.4) is 0 Å². The molecule has 616 valence electrons. The number of nitrogens with zero attached hydrogens (tertiary/aromatic N) is 8. The highest BCUT2D eigenvalue weighted by Crippen LogP contribution is 2.52. The van der Waals surface area contributed by atoms with Gasteiger partial charge in [0.1, 0.15) is 48.0 Å². The predicted molar refractivity (Wildman–Crippen MR) is 426 cm³/mol. The van der Waals surface area contributed by atoms with Crippen LogP contribution in [0, 0.1) is 50.0 Å². The van der Waals surface area contributed by atoms with E-state index in [4.69, 9.17) is 55.3 Å². The molecular weight excluding hydrogens is 1520 g/mol. The number of carbonyl (C=O) groups is 10. The highest BCUT2D eigenvalue weighted by Gasteiger charge is 2.59. The van der Waals surface area contributed by atoms with Gasteiger partial charge in [0.25, 0.3) is 11.8 Å². The summed E-state index contributed by atoms with van der Waals surface area (Å²) < 4.78 is 43.5. The summed E-state index contributed by atoms with van der Waals surface area (Å²) in [4.78, 5) is 143. The van der Waals surface area contributed by atoms with Gasteiger partial charge < -0.3 is 59.3 Å². The number of carbonyl (C=O) groups excluding carboxylic acids is 10. The Balaban J connectivity index is 0.636. The van der Waals surface area contributed by atoms with Gasteiger partial charge >= 0.3 is 5.97 Å². The van der Waals surface area contributed by atoms with E-state index in [2.05, 4.69) is 67.9 Å². The first-order chi connectivity index (χ1) is 55.1. The number of fused-ring (bicyclic) bond motifs is 9. The number of thiophene rings is 1. The quantitative estimate of drug-likeness (QED) is 0.00695. The number of allylic oxidation sites excluding steroid dienone is 2. The molecule has 31 nitrogen and oxygen atoms in total. The van der Waals surface area contributed by atoms with Gasteiger partial charge in [-0.25, -0.2) is 5.53 Å². The lowest BCUT2D eigenvalue weighted by Crippen LogP contribution is -2.54. The summed E-state index contributed by atoms with van der Waals surface area (Å²) in [7, 11) is 0. The summed E-state index contributed by atoms with van der Waals surface area (Å²) >= 11 is 7.93. The maximum atomic E-state index is 13.9. The van der Waals surface area contributed by atoms with Crippen molar-refractivity contribution in [3.63, 3.8) is 0 Å². The number of esters is 1. The molecule has 6 heterocycles. The molecule has 0 spiro atoms. The number of imide groups is 3. The summed E-state index contributed by atoms with van der Waals surface area (Å²) in [6.07, 6.45) is 6.60. The fourth-order valence-electron chi connectivity index (χ4n) is 14.9. The van der Waals surface area contributed by atoms with Gasteiger partial charge in [0.15, 0.2) is 5.82 Å². The number of amides is 9. The minimum absolute atomic E-state index is 0.0103. The second-order valence-electron chi connectivity index (χ2n) is 30.7. The summed E-state index contributed by atoms with van der Waals surface area (Å²) in [5, 5.41) is 28.7. The molecule has 11 rings (SSSR count). The lowest BCUT2D eigenvalue weighted by Gasteiger charge is -2.28. The number of benzene rings is 3. The van der Waals surface area contributed by atoms with Gasteiger partial charge in [-0.1, -0.05) is 48.4 Å². The van der Waals surface area contributed by atoms with Crippen LogP contribution in [0.2, 0.25) is 5.02 Å². The molecule has 9 atom stereocenters. The maximum absolute atomic E-state index is 13.9. The van der Waals surface area contributed by atoms with Crippen LogP contribution in [0.5, 0.6) is 5.75 Å². The van der Waals surface area contributed by atoms with E-state index in [0.29, 0.717) is 59.6 Å². The lowest BCUT2D eigenvalue weighted by atomic mass is 9.85. The topological polar surface area (TPSA) is 384 Å². The molecule has 6 N–H and O–H groups in total. The Bertz CT molecular complexity index is 4470. The number of hydrogen-bond acceptors (Lipinski definition) is 25. The first-order valence-electron chi connectivity index (χ1n) is 39.2. The predicted octanol–water partition coefficient (Wildman–Crippen LogP) is 9.23. The number of halogens is 1. The molecule has 2 saturated heterocycles. The smallest absolute Gasteiger partial charge is 0.308 e. The lowest BCUT2D eigenvalue weighted by molar-refractivity contribution is -0.153. The van der Waals surface area contributed by atoms with Crippen molar-refractivity contribution in [3.8, 4) is 10.8 Å². The van der Waals surface area contributed by atoms with Crippen molar-refractivity contribution in [2.75, 3.05) is 96.3 Å². The Labute approximate surface area is 677 Å². The molecule has 2 aliphatic carbocycles. The highest BCUT2D eigenvalue weighted by molar-refractivity contribution is 7.15. The van der Waals surface area contributed by atoms with Crippen LogP contribution in [-0.2, 0) is 66.8 Å². The fourth-order valence-corrected chi connectivity index (χ4v) is 16.3. The molecule has 5 aromatic rings. The highest BCUT2D eigenvalue weighted by atomic mass is 35.5. The van der Waals surface area contributed by atoms with Gasteiger partial charge in [-0.15, -0.1) is 21.5 Å². The zero-order valence-corrected chi connectivity index (χ0v) is 68.0. The maximum Gasteiger partial charge on any atom is 0.308 e. The molecule has 4 unspecified atom stereocenters. The second-order valence-corrected chi connectivity index (χ2v) is 32.3. The third kappa shape index (κ3) is 22.0. The Morgan fingerprint density at radius 2 is 1.55 bits per heavy atom. The summed E-state index contributed by atoms with van der Waals surface area (Å²) in [5.41, 5.74) is 12.3. The molecule has 3 fully saturated rings. The van der Waals surface area contributed by atoms with E-state index in [-0.39, 0.29) is 200 Å². The standard InChI is InChI=1S/C82H103ClN14O17S/c1-47(2)114-46-82(8,9)90-66(99)29-32-94(68(101)16-11-10-12-31-95-78(105)71-54-17-18-55(39-54)72(71)79(95)106)42-58(91-84)41-86-48(3)43-112-49(4)38-69(102)113-45-60(44-109-33-30-85-62-15-13-14-61-73(62)80(107)97(77(61)104)64-27-28-65(98)89-76(64)103)111-37-35-108-34-36-110-59-25-23-57(24-26-59)87-67(100)40-63-75-93-92-52(7)96(75)81-70(50(5)51(6)115-81)74(88-63)53-19-21-56(83)22-20-53/h13-15,17-26,41,47-49,54-55,60,63-64,71-72,84-86H,10-12,16,27-40,42-46H2,1-9H3,(H,87,100)(H,90,99)(H,89,98,103)/b58-41-,91-84?/t48?,49?,54-,55+,60-,63?,64?,71+,72-/m0/s1. The number of piperidine rings is 1. The molecule has 4 aliphatic heterocycles. The molecule has 0 radical (unpaired) electrons. The van der Waals surface area contributed by atoms with Gasteiger partial charge in [0, 0.05) is 83.5 Å². The van der Waals surface area contributed by atoms with Crippen molar-refractivity contribution < 1.29 is 81.1 Å². The van der Waals surface area contributed by atoms with Crippen LogP contribution in [0.25, 0.3) is 5.00 Å². The molecule has 2 bridgehead atoms. The van der Waals surface area contributed by atoms with E-state index >= 15 is 0 Å². The van der Waals surface area contributed by atoms with Crippen LogP contribution >= 0.6 is 22.9 Å². The minimum Gasteiger partial charge on any atom is -0.491 e. The Hall–Kier alpha value is -9.96. The van der Waals surface area contributed by atoms with E-state index in [0.717, 1.165) is 43.6 Å². The third-order valence-corrected chi connectivity index (χ3v) is 22.3. The fraction of sp³-hybridized carbons (Fsp3) is 0.524. The molecular formula is C82H103ClN14O17S. The van der Waals surface area contributed by atoms with Crippen molar-refractivity contribution in [1.29, 1.82) is 5.53 Å². The Morgan fingerprint density at radius 1 is 0.809 bits per heavy atom. The number of hydrogen-bond donors (Lipinski definition) is 6. The molecule has 2 aromatic heterocycles. The Morgan fingerprint density at radius 3 is 2.27 bits per heavy atom. The third-order valence-electron chi connectivity index (χ3n) is 20.9. The van der Waals surface area contributed by atoms with Crippen LogP contribution < -0.4 is 31.3 Å². The van der Waals surface area contributed by atoms with Crippen molar-refractivity contribution in [2.24, 2.45) is 33.8 Å². The largest absolute Gasteiger partial charge is 0.491 e. The van der Waals surface area contributed by atoms with Gasteiger partial charge in [0.2, 0.25) is 41.4 Å². The van der Waals surface area contributed by atoms with Gasteiger partial charge in [-0.3, -0.25) is 72.6 Å². The van der Waals surface area contributed by atoms with E-state index in [1.807, 2.05) is 70.4 Å². The zero-order valence-electron chi connectivity index (χ0n) is 66.4. The number of anilines is 2. The van der Waals surface area contributed by atoms with Crippen LogP contribution in [0.15, 0.2) is 101 Å². The zero-order chi connectivity index (χ0) is 82.2. The minimum atomic E-state index is -1.13. The molecule has 6 aliphatic rings. The van der Waals surface area contributed by atoms with Crippen molar-refractivity contribution in [3.05, 3.63) is 140 Å². The van der Waals surface area contributed by atoms with E-state index < -0.39 is 59.4 Å². The number of rotatable bonds is 44. The molecule has 9 amide bonds. The normalized spacial score (nSPS) is 19.6. The van der Waals surface area contributed by atoms with E-state index in [1.165, 1.54) is 22.1 Å². The number of aliphatic imine (C=N–C) groups is 1. The number of likely N-dealkylation sites (tertiary alicyclic amines) is 1. The molecule has 1 saturated carbocycles. The Kier molecular flexibility index (Phi) is 29.6.